The molecule has 0 atom stereocenters. The van der Waals surface area contributed by atoms with Gasteiger partial charge in [0.25, 0.3) is 0 Å². The van der Waals surface area contributed by atoms with Crippen molar-refractivity contribution in [2.75, 3.05) is 20.1 Å². The molecule has 22 heavy (non-hydrogen) atoms. The van der Waals surface area contributed by atoms with Gasteiger partial charge in [0.05, 0.1) is 29.9 Å². The Morgan fingerprint density at radius 3 is 2.64 bits per heavy atom. The van der Waals surface area contributed by atoms with Crippen molar-refractivity contribution in [2.45, 2.75) is 6.54 Å². The zero-order valence-electron chi connectivity index (χ0n) is 11.9. The van der Waals surface area contributed by atoms with Gasteiger partial charge in [-0.15, -0.1) is 36.2 Å². The predicted molar refractivity (Wildman–Crippen MR) is 92.7 cm³/mol. The monoisotopic (exact) mass is 364 g/mol. The Hall–Kier alpha value is -1.41. The van der Waals surface area contributed by atoms with E-state index in [1.807, 2.05) is 24.3 Å². The van der Waals surface area contributed by atoms with Crippen molar-refractivity contribution in [3.8, 4) is 0 Å². The number of fused-ring (bicyclic) bond motifs is 1. The van der Waals surface area contributed by atoms with Crippen molar-refractivity contribution in [1.29, 1.82) is 0 Å². The summed E-state index contributed by atoms with van der Waals surface area (Å²) < 4.78 is 1.10. The Kier molecular flexibility index (Phi) is 8.96. The number of para-hydroxylation sites is 1. The normalized spacial score (nSPS) is 9.55. The molecule has 2 rings (SSSR count). The molecular weight excluding hydrogens is 347 g/mol. The molecule has 9 heteroatoms. The minimum Gasteiger partial charge on any atom is -0.346 e. The largest absolute Gasteiger partial charge is 0.346 e. The van der Waals surface area contributed by atoms with Crippen LogP contribution in [0, 0.1) is 0 Å². The molecule has 3 N–H and O–H groups in total. The number of likely N-dealkylation sites (N-methyl/N-ethyl adjacent to an activating group) is 1. The third-order valence-corrected chi connectivity index (χ3v) is 3.78. The molecule has 0 saturated carbocycles. The summed E-state index contributed by atoms with van der Waals surface area (Å²) in [5, 5.41) is 3.32. The summed E-state index contributed by atoms with van der Waals surface area (Å²) in [6, 6.07) is 7.84. The van der Waals surface area contributed by atoms with Crippen LogP contribution in [0.3, 0.4) is 0 Å². The van der Waals surface area contributed by atoms with Crippen LogP contribution >= 0.6 is 36.2 Å². The Balaban J connectivity index is 0.00000220. The van der Waals surface area contributed by atoms with Gasteiger partial charge in [-0.3, -0.25) is 9.59 Å². The zero-order chi connectivity index (χ0) is 14.5. The van der Waals surface area contributed by atoms with Crippen LogP contribution in [-0.4, -0.2) is 41.8 Å². The van der Waals surface area contributed by atoms with E-state index < -0.39 is 0 Å². The van der Waals surface area contributed by atoms with Gasteiger partial charge in [0.1, 0.15) is 5.01 Å². The van der Waals surface area contributed by atoms with Crippen LogP contribution in [0.15, 0.2) is 24.3 Å². The maximum absolute atomic E-state index is 11.8. The number of hydrogen-bond donors (Lipinski definition) is 2. The van der Waals surface area contributed by atoms with E-state index in [1.165, 1.54) is 4.90 Å². The summed E-state index contributed by atoms with van der Waals surface area (Å²) in [6.45, 7) is 0.267. The van der Waals surface area contributed by atoms with Crippen LogP contribution in [0.1, 0.15) is 5.01 Å². The molecule has 122 valence electrons. The first-order valence-electron chi connectivity index (χ1n) is 6.15. The van der Waals surface area contributed by atoms with Crippen molar-refractivity contribution in [3.63, 3.8) is 0 Å². The molecule has 0 unspecified atom stereocenters. The smallest absolute Gasteiger partial charge is 0.242 e. The van der Waals surface area contributed by atoms with E-state index in [1.54, 1.807) is 18.4 Å². The number of thiazole rings is 1. The van der Waals surface area contributed by atoms with Crippen LogP contribution in [-0.2, 0) is 16.1 Å². The van der Waals surface area contributed by atoms with Gasteiger partial charge in [0.2, 0.25) is 11.8 Å². The molecule has 0 bridgehead atoms. The van der Waals surface area contributed by atoms with Gasteiger partial charge >= 0.3 is 0 Å². The van der Waals surface area contributed by atoms with E-state index in [2.05, 4.69) is 10.3 Å². The average molecular weight is 365 g/mol. The number of halogens is 2. The molecule has 2 amide bonds. The molecule has 2 aromatic rings. The molecule has 0 aliphatic heterocycles. The number of carbonyl (C=O) groups excluding carboxylic acids is 2. The van der Waals surface area contributed by atoms with E-state index in [0.717, 1.165) is 15.2 Å². The van der Waals surface area contributed by atoms with Crippen LogP contribution in [0.25, 0.3) is 10.2 Å². The van der Waals surface area contributed by atoms with Crippen LogP contribution in [0.5, 0.6) is 0 Å². The first-order valence-corrected chi connectivity index (χ1v) is 6.97. The average Bonchev–Trinajstić information content (AvgIpc) is 2.86. The summed E-state index contributed by atoms with van der Waals surface area (Å²) in [4.78, 5) is 28.8. The van der Waals surface area contributed by atoms with E-state index in [9.17, 15) is 9.59 Å². The number of nitrogens with two attached hydrogens (primary N) is 1. The van der Waals surface area contributed by atoms with Crippen molar-refractivity contribution < 1.29 is 9.59 Å². The highest BCUT2D eigenvalue weighted by Crippen LogP contribution is 2.22. The van der Waals surface area contributed by atoms with Crippen molar-refractivity contribution >= 4 is 58.2 Å². The second-order valence-electron chi connectivity index (χ2n) is 4.31. The molecule has 0 aliphatic carbocycles. The Labute approximate surface area is 144 Å². The Bertz CT molecular complexity index is 602. The van der Waals surface area contributed by atoms with Crippen LogP contribution in [0.4, 0.5) is 0 Å². The molecule has 0 saturated heterocycles. The molecular formula is C13H18Cl2N4O2S. The molecule has 1 heterocycles. The number of hydrogen-bond acceptors (Lipinski definition) is 5. The zero-order valence-corrected chi connectivity index (χ0v) is 14.4. The topological polar surface area (TPSA) is 88.3 Å². The van der Waals surface area contributed by atoms with Crippen LogP contribution in [0.2, 0.25) is 0 Å². The quantitative estimate of drug-likeness (QED) is 0.833. The van der Waals surface area contributed by atoms with Gasteiger partial charge < -0.3 is 16.0 Å². The fraction of sp³-hybridized carbons (Fsp3) is 0.308. The van der Waals surface area contributed by atoms with E-state index in [-0.39, 0.29) is 49.7 Å². The summed E-state index contributed by atoms with van der Waals surface area (Å²) in [6.07, 6.45) is 0. The molecule has 0 aliphatic rings. The molecule has 6 nitrogen and oxygen atoms in total. The van der Waals surface area contributed by atoms with Crippen molar-refractivity contribution in [2.24, 2.45) is 5.73 Å². The van der Waals surface area contributed by atoms with E-state index in [4.69, 9.17) is 5.73 Å². The van der Waals surface area contributed by atoms with E-state index in [0.29, 0.717) is 6.54 Å². The summed E-state index contributed by atoms with van der Waals surface area (Å²) in [5.74, 6) is -0.516. The Morgan fingerprint density at radius 2 is 2.00 bits per heavy atom. The van der Waals surface area contributed by atoms with Gasteiger partial charge in [0, 0.05) is 7.05 Å². The van der Waals surface area contributed by atoms with Gasteiger partial charge in [-0.05, 0) is 12.1 Å². The number of rotatable bonds is 5. The lowest BCUT2D eigenvalue weighted by Crippen LogP contribution is -2.40. The predicted octanol–water partition coefficient (Wildman–Crippen LogP) is 1.17. The second-order valence-corrected chi connectivity index (χ2v) is 5.42. The van der Waals surface area contributed by atoms with Gasteiger partial charge in [-0.1, -0.05) is 12.1 Å². The number of amides is 2. The summed E-state index contributed by atoms with van der Waals surface area (Å²) in [7, 11) is 1.68. The number of nitrogens with one attached hydrogen (secondary N) is 1. The lowest BCUT2D eigenvalue weighted by Gasteiger charge is -2.15. The Morgan fingerprint density at radius 1 is 1.32 bits per heavy atom. The minimum atomic E-state index is -0.341. The van der Waals surface area contributed by atoms with Gasteiger partial charge in [-0.2, -0.15) is 0 Å². The number of carbonyl (C=O) groups is 2. The maximum Gasteiger partial charge on any atom is 0.242 e. The fourth-order valence-electron chi connectivity index (χ4n) is 1.66. The molecule has 0 fully saturated rings. The highest BCUT2D eigenvalue weighted by atomic mass is 35.5. The molecule has 1 aromatic carbocycles. The molecule has 0 spiro atoms. The van der Waals surface area contributed by atoms with Crippen molar-refractivity contribution in [1.82, 2.24) is 15.2 Å². The standard InChI is InChI=1S/C13H16N4O2S.2ClH/c1-17(13(19)7-15-11(18)6-14)8-12-16-9-4-2-3-5-10(9)20-12;;/h2-5H,6-8,14H2,1H3,(H,15,18);2*1H. The van der Waals surface area contributed by atoms with Gasteiger partial charge in [0.15, 0.2) is 0 Å². The maximum atomic E-state index is 11.8. The number of nitrogens with zero attached hydrogens (tertiary/aromatic N) is 2. The van der Waals surface area contributed by atoms with Crippen LogP contribution < -0.4 is 11.1 Å². The first-order chi connectivity index (χ1) is 9.60. The third-order valence-electron chi connectivity index (χ3n) is 2.76. The SMILES string of the molecule is CN(Cc1nc2ccccc2s1)C(=O)CNC(=O)CN.Cl.Cl. The second kappa shape index (κ2) is 9.58. The fourth-order valence-corrected chi connectivity index (χ4v) is 2.68. The molecule has 0 radical (unpaired) electrons. The lowest BCUT2D eigenvalue weighted by atomic mass is 10.3. The third kappa shape index (κ3) is 5.42. The summed E-state index contributed by atoms with van der Waals surface area (Å²) in [5.41, 5.74) is 6.09. The number of benzene rings is 1. The van der Waals surface area contributed by atoms with Crippen molar-refractivity contribution in [3.05, 3.63) is 29.3 Å². The first kappa shape index (κ1) is 20.6. The number of aromatic nitrogens is 1. The van der Waals surface area contributed by atoms with Gasteiger partial charge in [-0.25, -0.2) is 4.98 Å². The minimum absolute atomic E-state index is 0. The lowest BCUT2D eigenvalue weighted by molar-refractivity contribution is -0.131. The van der Waals surface area contributed by atoms with E-state index >= 15 is 0 Å². The highest BCUT2D eigenvalue weighted by Gasteiger charge is 2.12. The molecule has 1 aromatic heterocycles. The highest BCUT2D eigenvalue weighted by molar-refractivity contribution is 7.18. The summed E-state index contributed by atoms with van der Waals surface area (Å²) >= 11 is 1.56.